The third kappa shape index (κ3) is 6.52. The van der Waals surface area contributed by atoms with Gasteiger partial charge in [-0.1, -0.05) is 6.92 Å². The summed E-state index contributed by atoms with van der Waals surface area (Å²) in [6, 6.07) is 0. The number of hydrogen-bond donors (Lipinski definition) is 0. The van der Waals surface area contributed by atoms with E-state index in [9.17, 15) is 8.42 Å². The highest BCUT2D eigenvalue weighted by Gasteiger charge is 2.23. The van der Waals surface area contributed by atoms with E-state index in [-0.39, 0.29) is 5.75 Å². The maximum Gasteiger partial charge on any atom is 0.257 e. The quantitative estimate of drug-likeness (QED) is 0.641. The molecule has 11 heavy (non-hydrogen) atoms. The summed E-state index contributed by atoms with van der Waals surface area (Å²) in [7, 11) is -5.15. The molecular formula is C6H16O3SSi. The molecule has 0 bridgehead atoms. The first-order valence-electron chi connectivity index (χ1n) is 3.70. The van der Waals surface area contributed by atoms with E-state index in [4.69, 9.17) is 3.87 Å². The lowest BCUT2D eigenvalue weighted by atomic mass is 10.6. The highest BCUT2D eigenvalue weighted by Crippen LogP contribution is 2.08. The zero-order valence-electron chi connectivity index (χ0n) is 7.55. The van der Waals surface area contributed by atoms with Gasteiger partial charge in [0.1, 0.15) is 0 Å². The van der Waals surface area contributed by atoms with Crippen LogP contribution in [0.5, 0.6) is 0 Å². The standard InChI is InChI=1S/C6H16O3SSi/c1-5-6-10(7,8)9-11(2,3)4/h5-6H2,1-4H3. The lowest BCUT2D eigenvalue weighted by molar-refractivity contribution is 0.485. The summed E-state index contributed by atoms with van der Waals surface area (Å²) in [5.74, 6) is 0.136. The molecule has 68 valence electrons. The molecule has 0 fully saturated rings. The fraction of sp³-hybridized carbons (Fsp3) is 1.00. The van der Waals surface area contributed by atoms with Crippen LogP contribution < -0.4 is 0 Å². The van der Waals surface area contributed by atoms with Crippen LogP contribution >= 0.6 is 0 Å². The van der Waals surface area contributed by atoms with E-state index in [1.165, 1.54) is 0 Å². The SMILES string of the molecule is CCCS(=O)(=O)O[Si](C)(C)C. The Bertz CT molecular complexity index is 202. The zero-order valence-corrected chi connectivity index (χ0v) is 9.36. The van der Waals surface area contributed by atoms with Crippen molar-refractivity contribution in [2.75, 3.05) is 5.75 Å². The van der Waals surface area contributed by atoms with Crippen LogP contribution in [-0.4, -0.2) is 22.5 Å². The first kappa shape index (κ1) is 11.1. The van der Waals surface area contributed by atoms with Crippen molar-refractivity contribution in [2.24, 2.45) is 0 Å². The monoisotopic (exact) mass is 196 g/mol. The van der Waals surface area contributed by atoms with E-state index in [1.54, 1.807) is 0 Å². The molecule has 0 radical (unpaired) electrons. The molecule has 0 rings (SSSR count). The first-order chi connectivity index (χ1) is 4.77. The predicted octanol–water partition coefficient (Wildman–Crippen LogP) is 1.58. The minimum absolute atomic E-state index is 0.136. The lowest BCUT2D eigenvalue weighted by Gasteiger charge is -2.15. The summed E-state index contributed by atoms with van der Waals surface area (Å²) in [6.45, 7) is 7.41. The van der Waals surface area contributed by atoms with E-state index < -0.39 is 18.4 Å². The predicted molar refractivity (Wildman–Crippen MR) is 48.5 cm³/mol. The highest BCUT2D eigenvalue weighted by molar-refractivity contribution is 7.87. The molecule has 0 aliphatic heterocycles. The van der Waals surface area contributed by atoms with Gasteiger partial charge < -0.3 is 3.87 Å². The van der Waals surface area contributed by atoms with Crippen LogP contribution in [0.2, 0.25) is 19.6 Å². The molecule has 0 unspecified atom stereocenters. The van der Waals surface area contributed by atoms with E-state index >= 15 is 0 Å². The molecule has 3 nitrogen and oxygen atoms in total. The van der Waals surface area contributed by atoms with Gasteiger partial charge in [0.25, 0.3) is 10.1 Å². The van der Waals surface area contributed by atoms with Crippen molar-refractivity contribution in [3.8, 4) is 0 Å². The van der Waals surface area contributed by atoms with Gasteiger partial charge in [0.2, 0.25) is 8.32 Å². The van der Waals surface area contributed by atoms with Gasteiger partial charge in [-0.2, -0.15) is 0 Å². The molecule has 0 amide bonds. The second kappa shape index (κ2) is 3.69. The van der Waals surface area contributed by atoms with Crippen molar-refractivity contribution in [3.63, 3.8) is 0 Å². The summed E-state index contributed by atoms with van der Waals surface area (Å²) in [6.07, 6.45) is 0.618. The smallest absolute Gasteiger partial charge is 0.257 e. The van der Waals surface area contributed by atoms with Crippen LogP contribution in [0.3, 0.4) is 0 Å². The van der Waals surface area contributed by atoms with Gasteiger partial charge in [0.15, 0.2) is 0 Å². The van der Waals surface area contributed by atoms with Crippen LogP contribution in [0.4, 0.5) is 0 Å². The lowest BCUT2D eigenvalue weighted by Crippen LogP contribution is -2.30. The van der Waals surface area contributed by atoms with Gasteiger partial charge in [-0.3, -0.25) is 0 Å². The Morgan fingerprint density at radius 3 is 2.00 bits per heavy atom. The second-order valence-corrected chi connectivity index (χ2v) is 9.87. The summed E-state index contributed by atoms with van der Waals surface area (Å²) >= 11 is 0. The van der Waals surface area contributed by atoms with Crippen molar-refractivity contribution in [3.05, 3.63) is 0 Å². The molecule has 0 saturated heterocycles. The number of hydrogen-bond acceptors (Lipinski definition) is 3. The molecular weight excluding hydrogens is 180 g/mol. The minimum Gasteiger partial charge on any atom is -0.315 e. The molecule has 0 aromatic heterocycles. The zero-order chi connectivity index (χ0) is 9.12. The molecule has 0 N–H and O–H groups in total. The average Bonchev–Trinajstić information content (AvgIpc) is 1.55. The van der Waals surface area contributed by atoms with E-state index in [0.29, 0.717) is 6.42 Å². The fourth-order valence-corrected chi connectivity index (χ4v) is 4.55. The van der Waals surface area contributed by atoms with Gasteiger partial charge in [0, 0.05) is 0 Å². The summed E-state index contributed by atoms with van der Waals surface area (Å²) in [5.41, 5.74) is 0. The van der Waals surface area contributed by atoms with Crippen LogP contribution in [0.1, 0.15) is 13.3 Å². The molecule has 0 heterocycles. The topological polar surface area (TPSA) is 43.4 Å². The Morgan fingerprint density at radius 2 is 1.73 bits per heavy atom. The Hall–Kier alpha value is 0.127. The molecule has 0 saturated carbocycles. The van der Waals surface area contributed by atoms with E-state index in [0.717, 1.165) is 0 Å². The van der Waals surface area contributed by atoms with Crippen molar-refractivity contribution >= 4 is 18.4 Å². The van der Waals surface area contributed by atoms with Crippen molar-refractivity contribution in [1.29, 1.82) is 0 Å². The highest BCUT2D eigenvalue weighted by atomic mass is 32.2. The second-order valence-electron chi connectivity index (χ2n) is 3.46. The fourth-order valence-electron chi connectivity index (χ4n) is 0.673. The largest absolute Gasteiger partial charge is 0.315 e. The van der Waals surface area contributed by atoms with Gasteiger partial charge in [-0.15, -0.1) is 0 Å². The summed E-state index contributed by atoms with van der Waals surface area (Å²) in [4.78, 5) is 0. The first-order valence-corrected chi connectivity index (χ1v) is 8.69. The van der Waals surface area contributed by atoms with Crippen LogP contribution in [0, 0.1) is 0 Å². The summed E-state index contributed by atoms with van der Waals surface area (Å²) in [5, 5.41) is 0. The Balaban J connectivity index is 4.15. The third-order valence-corrected chi connectivity index (χ3v) is 4.76. The van der Waals surface area contributed by atoms with Crippen molar-refractivity contribution in [1.82, 2.24) is 0 Å². The van der Waals surface area contributed by atoms with Crippen molar-refractivity contribution < 1.29 is 12.3 Å². The molecule has 0 aromatic rings. The molecule has 0 aromatic carbocycles. The Morgan fingerprint density at radius 1 is 1.27 bits per heavy atom. The van der Waals surface area contributed by atoms with E-state index in [2.05, 4.69) is 0 Å². The maximum atomic E-state index is 11.1. The van der Waals surface area contributed by atoms with E-state index in [1.807, 2.05) is 26.6 Å². The average molecular weight is 196 g/mol. The Labute approximate surface area is 70.0 Å². The maximum absolute atomic E-state index is 11.1. The van der Waals surface area contributed by atoms with Gasteiger partial charge in [-0.25, -0.2) is 8.42 Å². The van der Waals surface area contributed by atoms with Gasteiger partial charge in [-0.05, 0) is 26.1 Å². The van der Waals surface area contributed by atoms with Gasteiger partial charge in [0.05, 0.1) is 5.75 Å². The van der Waals surface area contributed by atoms with Crippen LogP contribution in [0.15, 0.2) is 0 Å². The van der Waals surface area contributed by atoms with Crippen LogP contribution in [0.25, 0.3) is 0 Å². The van der Waals surface area contributed by atoms with Crippen LogP contribution in [-0.2, 0) is 14.0 Å². The molecule has 0 atom stereocenters. The molecule has 0 aliphatic rings. The molecule has 0 aliphatic carbocycles. The summed E-state index contributed by atoms with van der Waals surface area (Å²) < 4.78 is 27.1. The normalized spacial score (nSPS) is 13.5. The third-order valence-electron chi connectivity index (χ3n) is 0.831. The number of rotatable bonds is 4. The molecule has 5 heteroatoms. The molecule has 0 spiro atoms. The van der Waals surface area contributed by atoms with Crippen molar-refractivity contribution in [2.45, 2.75) is 33.0 Å². The minimum atomic E-state index is -3.23. The van der Waals surface area contributed by atoms with Gasteiger partial charge >= 0.3 is 0 Å². The Kier molecular flexibility index (Phi) is 3.73.